The molecule has 0 spiro atoms. The van der Waals surface area contributed by atoms with Gasteiger partial charge in [-0.1, -0.05) is 39.7 Å². The van der Waals surface area contributed by atoms with Gasteiger partial charge in [-0.05, 0) is 25.0 Å². The van der Waals surface area contributed by atoms with Crippen molar-refractivity contribution in [3.05, 3.63) is 47.2 Å². The fourth-order valence-electron chi connectivity index (χ4n) is 3.26. The fourth-order valence-corrected chi connectivity index (χ4v) is 3.26. The predicted molar refractivity (Wildman–Crippen MR) is 90.9 cm³/mol. The minimum Gasteiger partial charge on any atom is -0.423 e. The number of hydrogen-bond acceptors (Lipinski definition) is 4. The first kappa shape index (κ1) is 18.0. The van der Waals surface area contributed by atoms with Gasteiger partial charge in [-0.3, -0.25) is 4.90 Å². The Bertz CT molecular complexity index is 697. The van der Waals surface area contributed by atoms with E-state index in [-0.39, 0.29) is 23.6 Å². The highest BCUT2D eigenvalue weighted by Gasteiger charge is 2.27. The molecule has 3 rings (SSSR count). The van der Waals surface area contributed by atoms with E-state index >= 15 is 0 Å². The second kappa shape index (κ2) is 7.20. The highest BCUT2D eigenvalue weighted by Crippen LogP contribution is 2.28. The zero-order valence-electron chi connectivity index (χ0n) is 15.1. The molecule has 1 aliphatic rings. The van der Waals surface area contributed by atoms with Crippen molar-refractivity contribution in [2.45, 2.75) is 71.0 Å². The van der Waals surface area contributed by atoms with Crippen LogP contribution in [0.2, 0.25) is 0 Å². The average Bonchev–Trinajstić information content (AvgIpc) is 3.20. The van der Waals surface area contributed by atoms with E-state index in [2.05, 4.69) is 15.1 Å². The Morgan fingerprint density at radius 3 is 2.28 bits per heavy atom. The molecule has 1 aliphatic carbocycles. The van der Waals surface area contributed by atoms with Crippen LogP contribution in [0.3, 0.4) is 0 Å². The zero-order valence-corrected chi connectivity index (χ0v) is 15.1. The molecular weight excluding hydrogens is 324 g/mol. The molecule has 0 atom stereocenters. The number of aromatic nitrogens is 2. The van der Waals surface area contributed by atoms with Crippen molar-refractivity contribution in [3.8, 4) is 0 Å². The third kappa shape index (κ3) is 4.24. The van der Waals surface area contributed by atoms with Crippen molar-refractivity contribution in [3.63, 3.8) is 0 Å². The molecule has 0 amide bonds. The quantitative estimate of drug-likeness (QED) is 0.792. The molecule has 0 saturated heterocycles. The van der Waals surface area contributed by atoms with Crippen LogP contribution in [0, 0.1) is 11.6 Å². The van der Waals surface area contributed by atoms with Crippen molar-refractivity contribution >= 4 is 0 Å². The summed E-state index contributed by atoms with van der Waals surface area (Å²) in [5.41, 5.74) is -0.119. The normalized spacial score (nSPS) is 16.1. The van der Waals surface area contributed by atoms with Gasteiger partial charge in [0, 0.05) is 23.6 Å². The molecule has 4 nitrogen and oxygen atoms in total. The van der Waals surface area contributed by atoms with Gasteiger partial charge in [0.15, 0.2) is 0 Å². The van der Waals surface area contributed by atoms with Crippen molar-refractivity contribution in [2.24, 2.45) is 0 Å². The van der Waals surface area contributed by atoms with E-state index in [0.29, 0.717) is 18.3 Å². The highest BCUT2D eigenvalue weighted by atomic mass is 19.1. The van der Waals surface area contributed by atoms with Gasteiger partial charge in [0.05, 0.1) is 6.54 Å². The van der Waals surface area contributed by atoms with Crippen LogP contribution >= 0.6 is 0 Å². The minimum absolute atomic E-state index is 0.102. The highest BCUT2D eigenvalue weighted by molar-refractivity contribution is 5.19. The number of benzene rings is 1. The monoisotopic (exact) mass is 349 g/mol. The Morgan fingerprint density at radius 2 is 1.72 bits per heavy atom. The van der Waals surface area contributed by atoms with Gasteiger partial charge in [0.2, 0.25) is 11.8 Å². The summed E-state index contributed by atoms with van der Waals surface area (Å²) in [6.07, 6.45) is 4.32. The van der Waals surface area contributed by atoms with Crippen LogP contribution in [0.1, 0.15) is 63.8 Å². The Labute approximate surface area is 147 Å². The third-order valence-electron chi connectivity index (χ3n) is 4.71. The molecule has 1 aromatic carbocycles. The van der Waals surface area contributed by atoms with E-state index in [0.717, 1.165) is 25.7 Å². The maximum Gasteiger partial charge on any atom is 0.230 e. The first-order valence-corrected chi connectivity index (χ1v) is 8.84. The van der Waals surface area contributed by atoms with Gasteiger partial charge in [-0.15, -0.1) is 10.2 Å². The van der Waals surface area contributed by atoms with Crippen LogP contribution in [0.5, 0.6) is 0 Å². The maximum atomic E-state index is 14.1. The van der Waals surface area contributed by atoms with E-state index in [1.54, 1.807) is 0 Å². The van der Waals surface area contributed by atoms with E-state index in [1.807, 2.05) is 20.8 Å². The van der Waals surface area contributed by atoms with E-state index in [1.165, 1.54) is 18.2 Å². The number of rotatable bonds is 5. The minimum atomic E-state index is -0.510. The summed E-state index contributed by atoms with van der Waals surface area (Å²) in [6, 6.07) is 4.27. The molecule has 1 aromatic heterocycles. The van der Waals surface area contributed by atoms with Gasteiger partial charge in [0.25, 0.3) is 0 Å². The van der Waals surface area contributed by atoms with Crippen LogP contribution in [0.15, 0.2) is 22.6 Å². The molecule has 136 valence electrons. The lowest BCUT2D eigenvalue weighted by Crippen LogP contribution is -2.33. The lowest BCUT2D eigenvalue weighted by atomic mass is 9.97. The van der Waals surface area contributed by atoms with E-state index in [4.69, 9.17) is 4.42 Å². The molecule has 2 aromatic rings. The van der Waals surface area contributed by atoms with Crippen LogP contribution in [0.4, 0.5) is 8.78 Å². The smallest absolute Gasteiger partial charge is 0.230 e. The van der Waals surface area contributed by atoms with Gasteiger partial charge in [-0.2, -0.15) is 0 Å². The first-order chi connectivity index (χ1) is 11.8. The largest absolute Gasteiger partial charge is 0.423 e. The molecule has 0 unspecified atom stereocenters. The molecular formula is C19H25F2N3O. The number of nitrogens with zero attached hydrogens (tertiary/aromatic N) is 3. The Balaban J connectivity index is 1.81. The molecule has 0 aliphatic heterocycles. The summed E-state index contributed by atoms with van der Waals surface area (Å²) in [7, 11) is 0. The topological polar surface area (TPSA) is 42.2 Å². The molecule has 6 heteroatoms. The second-order valence-electron chi connectivity index (χ2n) is 7.79. The fraction of sp³-hybridized carbons (Fsp3) is 0.579. The molecule has 1 saturated carbocycles. The second-order valence-corrected chi connectivity index (χ2v) is 7.79. The summed E-state index contributed by atoms with van der Waals surface area (Å²) >= 11 is 0. The van der Waals surface area contributed by atoms with Crippen LogP contribution in [-0.2, 0) is 18.5 Å². The number of hydrogen-bond donors (Lipinski definition) is 0. The molecule has 0 N–H and O–H groups in total. The average molecular weight is 349 g/mol. The first-order valence-electron chi connectivity index (χ1n) is 8.84. The Hall–Kier alpha value is -1.82. The SMILES string of the molecule is CC(C)(C)c1nnc(CN(Cc2c(F)cccc2F)C2CCCC2)o1. The van der Waals surface area contributed by atoms with Crippen LogP contribution in [-0.4, -0.2) is 21.1 Å². The van der Waals surface area contributed by atoms with Crippen molar-refractivity contribution in [1.82, 2.24) is 15.1 Å². The molecule has 0 radical (unpaired) electrons. The Morgan fingerprint density at radius 1 is 1.08 bits per heavy atom. The summed E-state index contributed by atoms with van der Waals surface area (Å²) in [6.45, 7) is 6.63. The number of halogens is 2. The third-order valence-corrected chi connectivity index (χ3v) is 4.71. The van der Waals surface area contributed by atoms with Gasteiger partial charge < -0.3 is 4.42 Å². The summed E-state index contributed by atoms with van der Waals surface area (Å²) in [4.78, 5) is 2.06. The van der Waals surface area contributed by atoms with Crippen LogP contribution in [0.25, 0.3) is 0 Å². The molecule has 25 heavy (non-hydrogen) atoms. The summed E-state index contributed by atoms with van der Waals surface area (Å²) in [5.74, 6) is 0.0485. The lowest BCUT2D eigenvalue weighted by molar-refractivity contribution is 0.157. The zero-order chi connectivity index (χ0) is 18.0. The molecule has 0 bridgehead atoms. The Kier molecular flexibility index (Phi) is 5.18. The summed E-state index contributed by atoms with van der Waals surface area (Å²) in [5, 5.41) is 8.25. The molecule has 1 fully saturated rings. The van der Waals surface area contributed by atoms with Gasteiger partial charge in [-0.25, -0.2) is 8.78 Å². The van der Waals surface area contributed by atoms with E-state index < -0.39 is 11.6 Å². The predicted octanol–water partition coefficient (Wildman–Crippen LogP) is 4.59. The standard InChI is InChI=1S/C19H25F2N3O/c1-19(2,3)18-23-22-17(25-18)12-24(13-7-4-5-8-13)11-14-15(20)9-6-10-16(14)21/h6,9-10,13H,4-5,7-8,11-12H2,1-3H3. The van der Waals surface area contributed by atoms with Gasteiger partial charge in [0.1, 0.15) is 11.6 Å². The molecule has 1 heterocycles. The maximum absolute atomic E-state index is 14.1. The van der Waals surface area contributed by atoms with Gasteiger partial charge >= 0.3 is 0 Å². The van der Waals surface area contributed by atoms with Crippen molar-refractivity contribution in [2.75, 3.05) is 0 Å². The summed E-state index contributed by atoms with van der Waals surface area (Å²) < 4.78 is 33.9. The lowest BCUT2D eigenvalue weighted by Gasteiger charge is -2.27. The van der Waals surface area contributed by atoms with Crippen molar-refractivity contribution < 1.29 is 13.2 Å². The van der Waals surface area contributed by atoms with E-state index in [9.17, 15) is 8.78 Å². The van der Waals surface area contributed by atoms with Crippen LogP contribution < -0.4 is 0 Å². The van der Waals surface area contributed by atoms with Crippen molar-refractivity contribution in [1.29, 1.82) is 0 Å².